The molecule has 0 aromatic carbocycles. The lowest BCUT2D eigenvalue weighted by Gasteiger charge is -2.14. The number of urea groups is 1. The van der Waals surface area contributed by atoms with Gasteiger partial charge in [-0.25, -0.2) is 4.79 Å². The van der Waals surface area contributed by atoms with Crippen LogP contribution >= 0.6 is 11.8 Å². The molecule has 0 aliphatic rings. The number of aliphatic carboxylic acids is 1. The largest absolute Gasteiger partial charge is 0.480 e. The van der Waals surface area contributed by atoms with Crippen molar-refractivity contribution in [3.05, 3.63) is 0 Å². The molecule has 0 aliphatic heterocycles. The van der Waals surface area contributed by atoms with Gasteiger partial charge in [-0.3, -0.25) is 14.9 Å². The van der Waals surface area contributed by atoms with Crippen LogP contribution < -0.4 is 10.6 Å². The standard InChI is InChI=1S/C9H16N2O4S/c1-5(2)7(8(13)14)16-4-6(12)11-9(15)10-3/h5,7H,4H2,1-3H3,(H,13,14)(H2,10,11,12,15). The van der Waals surface area contributed by atoms with Crippen LogP contribution in [-0.2, 0) is 9.59 Å². The molecule has 0 radical (unpaired) electrons. The molecule has 7 heteroatoms. The van der Waals surface area contributed by atoms with Gasteiger partial charge in [0.2, 0.25) is 5.91 Å². The number of rotatable bonds is 5. The third-order valence-corrected chi connectivity index (χ3v) is 3.26. The van der Waals surface area contributed by atoms with Gasteiger partial charge in [-0.05, 0) is 5.92 Å². The molecule has 0 heterocycles. The third kappa shape index (κ3) is 5.59. The van der Waals surface area contributed by atoms with Crippen molar-refractivity contribution in [2.75, 3.05) is 12.8 Å². The summed E-state index contributed by atoms with van der Waals surface area (Å²) < 4.78 is 0. The van der Waals surface area contributed by atoms with Crippen LogP contribution in [0.5, 0.6) is 0 Å². The highest BCUT2D eigenvalue weighted by Gasteiger charge is 2.23. The molecule has 0 bridgehead atoms. The number of carbonyl (C=O) groups excluding carboxylic acids is 2. The van der Waals surface area contributed by atoms with Crippen LogP contribution in [0.1, 0.15) is 13.8 Å². The Labute approximate surface area is 98.2 Å². The summed E-state index contributed by atoms with van der Waals surface area (Å²) in [6, 6.07) is -0.595. The highest BCUT2D eigenvalue weighted by molar-refractivity contribution is 8.01. The van der Waals surface area contributed by atoms with E-state index >= 15 is 0 Å². The fourth-order valence-electron chi connectivity index (χ4n) is 0.940. The fourth-order valence-corrected chi connectivity index (χ4v) is 1.87. The Kier molecular flexibility index (Phi) is 6.55. The van der Waals surface area contributed by atoms with E-state index in [-0.39, 0.29) is 11.7 Å². The number of hydrogen-bond donors (Lipinski definition) is 3. The molecular weight excluding hydrogens is 232 g/mol. The smallest absolute Gasteiger partial charge is 0.321 e. The molecule has 0 saturated carbocycles. The normalized spacial score (nSPS) is 12.0. The number of carboxylic acids is 1. The Morgan fingerprint density at radius 1 is 1.31 bits per heavy atom. The SMILES string of the molecule is CNC(=O)NC(=O)CSC(C(=O)O)C(C)C. The van der Waals surface area contributed by atoms with Gasteiger partial charge in [0.05, 0.1) is 5.75 Å². The summed E-state index contributed by atoms with van der Waals surface area (Å²) in [5, 5.41) is 12.5. The monoisotopic (exact) mass is 248 g/mol. The van der Waals surface area contributed by atoms with Crippen molar-refractivity contribution in [1.82, 2.24) is 10.6 Å². The van der Waals surface area contributed by atoms with Gasteiger partial charge in [-0.2, -0.15) is 0 Å². The van der Waals surface area contributed by atoms with Crippen LogP contribution in [0.4, 0.5) is 4.79 Å². The minimum Gasteiger partial charge on any atom is -0.480 e. The molecule has 3 amide bonds. The van der Waals surface area contributed by atoms with Crippen LogP contribution in [0, 0.1) is 5.92 Å². The fraction of sp³-hybridized carbons (Fsp3) is 0.667. The molecule has 1 unspecified atom stereocenters. The van der Waals surface area contributed by atoms with Gasteiger partial charge >= 0.3 is 12.0 Å². The molecule has 1 atom stereocenters. The Bertz CT molecular complexity index is 281. The van der Waals surface area contributed by atoms with Crippen LogP contribution in [0.2, 0.25) is 0 Å². The van der Waals surface area contributed by atoms with Crippen LogP contribution in [0.3, 0.4) is 0 Å². The number of thioether (sulfide) groups is 1. The van der Waals surface area contributed by atoms with Crippen LogP contribution in [-0.4, -0.2) is 41.1 Å². The maximum Gasteiger partial charge on any atom is 0.321 e. The zero-order chi connectivity index (χ0) is 12.7. The number of carboxylic acid groups (broad SMARTS) is 1. The van der Waals surface area contributed by atoms with Gasteiger partial charge in [0.15, 0.2) is 0 Å². The number of hydrogen-bond acceptors (Lipinski definition) is 4. The molecule has 0 rings (SSSR count). The van der Waals surface area contributed by atoms with Gasteiger partial charge in [-0.15, -0.1) is 11.8 Å². The van der Waals surface area contributed by atoms with Gasteiger partial charge < -0.3 is 10.4 Å². The van der Waals surface area contributed by atoms with E-state index < -0.39 is 23.2 Å². The first-order valence-corrected chi connectivity index (χ1v) is 5.79. The molecule has 0 saturated heterocycles. The van der Waals surface area contributed by atoms with Crippen molar-refractivity contribution in [2.24, 2.45) is 5.92 Å². The van der Waals surface area contributed by atoms with Crippen molar-refractivity contribution >= 4 is 29.7 Å². The van der Waals surface area contributed by atoms with Gasteiger partial charge in [0.1, 0.15) is 5.25 Å². The van der Waals surface area contributed by atoms with Crippen molar-refractivity contribution in [1.29, 1.82) is 0 Å². The molecule has 0 aromatic rings. The van der Waals surface area contributed by atoms with Crippen molar-refractivity contribution in [3.8, 4) is 0 Å². The Balaban J connectivity index is 4.07. The quantitative estimate of drug-likeness (QED) is 0.649. The van der Waals surface area contributed by atoms with Gasteiger partial charge in [-0.1, -0.05) is 13.8 Å². The predicted molar refractivity (Wildman–Crippen MR) is 61.3 cm³/mol. The van der Waals surface area contributed by atoms with E-state index in [1.807, 2.05) is 0 Å². The zero-order valence-corrected chi connectivity index (χ0v) is 10.3. The van der Waals surface area contributed by atoms with E-state index in [1.54, 1.807) is 13.8 Å². The lowest BCUT2D eigenvalue weighted by atomic mass is 10.1. The summed E-state index contributed by atoms with van der Waals surface area (Å²) in [5.41, 5.74) is 0. The first-order chi connectivity index (χ1) is 7.38. The van der Waals surface area contributed by atoms with Crippen LogP contribution in [0.15, 0.2) is 0 Å². The summed E-state index contributed by atoms with van der Waals surface area (Å²) in [4.78, 5) is 32.7. The molecule has 3 N–H and O–H groups in total. The molecular formula is C9H16N2O4S. The zero-order valence-electron chi connectivity index (χ0n) is 9.44. The molecule has 0 aromatic heterocycles. The molecule has 0 aliphatic carbocycles. The van der Waals surface area contributed by atoms with E-state index in [4.69, 9.17) is 5.11 Å². The highest BCUT2D eigenvalue weighted by Crippen LogP contribution is 2.19. The molecule has 0 fully saturated rings. The maximum absolute atomic E-state index is 11.2. The van der Waals surface area contributed by atoms with Gasteiger partial charge in [0.25, 0.3) is 0 Å². The minimum absolute atomic E-state index is 0.0530. The summed E-state index contributed by atoms with van der Waals surface area (Å²) in [5.74, 6) is -1.58. The van der Waals surface area contributed by atoms with E-state index in [0.29, 0.717) is 0 Å². The molecule has 92 valence electrons. The Hall–Kier alpha value is -1.24. The minimum atomic E-state index is -0.951. The third-order valence-electron chi connectivity index (χ3n) is 1.72. The van der Waals surface area contributed by atoms with Gasteiger partial charge in [0, 0.05) is 7.05 Å². The van der Waals surface area contributed by atoms with E-state index in [2.05, 4.69) is 10.6 Å². The summed E-state index contributed by atoms with van der Waals surface area (Å²) in [6.07, 6.45) is 0. The van der Waals surface area contributed by atoms with Crippen molar-refractivity contribution in [2.45, 2.75) is 19.1 Å². The number of carbonyl (C=O) groups is 3. The average Bonchev–Trinajstić information content (AvgIpc) is 2.16. The Morgan fingerprint density at radius 3 is 2.25 bits per heavy atom. The lowest BCUT2D eigenvalue weighted by molar-refractivity contribution is -0.137. The topological polar surface area (TPSA) is 95.5 Å². The summed E-state index contributed by atoms with van der Waals surface area (Å²) in [7, 11) is 1.39. The first kappa shape index (κ1) is 14.8. The maximum atomic E-state index is 11.2. The lowest BCUT2D eigenvalue weighted by Crippen LogP contribution is -2.39. The number of imide groups is 1. The Morgan fingerprint density at radius 2 is 1.88 bits per heavy atom. The summed E-state index contributed by atoms with van der Waals surface area (Å²) in [6.45, 7) is 3.53. The van der Waals surface area contributed by atoms with E-state index in [1.165, 1.54) is 7.05 Å². The second-order valence-electron chi connectivity index (χ2n) is 3.44. The van der Waals surface area contributed by atoms with E-state index in [9.17, 15) is 14.4 Å². The number of amides is 3. The molecule has 6 nitrogen and oxygen atoms in total. The number of nitrogens with one attached hydrogen (secondary N) is 2. The summed E-state index contributed by atoms with van der Waals surface area (Å²) >= 11 is 1.01. The van der Waals surface area contributed by atoms with Crippen molar-refractivity contribution in [3.63, 3.8) is 0 Å². The molecule has 16 heavy (non-hydrogen) atoms. The second kappa shape index (κ2) is 7.10. The molecule has 0 spiro atoms. The van der Waals surface area contributed by atoms with E-state index in [0.717, 1.165) is 11.8 Å². The predicted octanol–water partition coefficient (Wildman–Crippen LogP) is 0.284. The van der Waals surface area contributed by atoms with Crippen LogP contribution in [0.25, 0.3) is 0 Å². The first-order valence-electron chi connectivity index (χ1n) is 4.74. The van der Waals surface area contributed by atoms with Crippen molar-refractivity contribution < 1.29 is 19.5 Å². The average molecular weight is 248 g/mol. The second-order valence-corrected chi connectivity index (χ2v) is 4.57. The highest BCUT2D eigenvalue weighted by atomic mass is 32.2.